The lowest BCUT2D eigenvalue weighted by Crippen LogP contribution is -2.47. The first-order valence-electron chi connectivity index (χ1n) is 4.36. The highest BCUT2D eigenvalue weighted by Crippen LogP contribution is 2.26. The van der Waals surface area contributed by atoms with E-state index < -0.39 is 0 Å². The molecule has 0 saturated carbocycles. The predicted molar refractivity (Wildman–Crippen MR) is 46.8 cm³/mol. The number of esters is 1. The second-order valence-corrected chi connectivity index (χ2v) is 4.16. The number of piperidine rings is 1. The molecule has 0 aromatic carbocycles. The summed E-state index contributed by atoms with van der Waals surface area (Å²) in [6.45, 7) is 5.30. The van der Waals surface area contributed by atoms with Crippen molar-refractivity contribution in [3.05, 3.63) is 0 Å². The van der Waals surface area contributed by atoms with Crippen LogP contribution in [0, 0.1) is 5.41 Å². The maximum atomic E-state index is 11.1. The average molecular weight is 171 g/mol. The van der Waals surface area contributed by atoms with Gasteiger partial charge in [0.15, 0.2) is 0 Å². The summed E-state index contributed by atoms with van der Waals surface area (Å²) in [6, 6.07) is -0.0805. The number of ether oxygens (including phenoxy) is 1. The van der Waals surface area contributed by atoms with Crippen molar-refractivity contribution in [3.63, 3.8) is 0 Å². The Balaban J connectivity index is 2.41. The van der Waals surface area contributed by atoms with Gasteiger partial charge >= 0.3 is 5.97 Å². The van der Waals surface area contributed by atoms with Crippen molar-refractivity contribution in [1.29, 1.82) is 0 Å². The molecule has 0 aromatic heterocycles. The van der Waals surface area contributed by atoms with Crippen molar-refractivity contribution in [2.24, 2.45) is 5.41 Å². The Labute approximate surface area is 73.5 Å². The summed E-state index contributed by atoms with van der Waals surface area (Å²) in [5.41, 5.74) is 0.324. The zero-order chi connectivity index (χ0) is 9.19. The Morgan fingerprint density at radius 1 is 1.58 bits per heavy atom. The minimum absolute atomic E-state index is 0.0805. The number of hydrogen-bond donors (Lipinski definition) is 1. The van der Waals surface area contributed by atoms with Crippen LogP contribution >= 0.6 is 0 Å². The summed E-state index contributed by atoms with van der Waals surface area (Å²) in [5.74, 6) is -0.134. The van der Waals surface area contributed by atoms with Crippen LogP contribution in [0.2, 0.25) is 0 Å². The van der Waals surface area contributed by atoms with E-state index in [2.05, 4.69) is 23.9 Å². The van der Waals surface area contributed by atoms with Gasteiger partial charge in [0.25, 0.3) is 0 Å². The molecule has 0 spiro atoms. The molecule has 1 rings (SSSR count). The van der Waals surface area contributed by atoms with Crippen molar-refractivity contribution < 1.29 is 9.53 Å². The van der Waals surface area contributed by atoms with Crippen LogP contribution in [0.3, 0.4) is 0 Å². The summed E-state index contributed by atoms with van der Waals surface area (Å²) in [7, 11) is 1.43. The summed E-state index contributed by atoms with van der Waals surface area (Å²) in [6.07, 6.45) is 1.97. The van der Waals surface area contributed by atoms with E-state index in [0.717, 1.165) is 19.4 Å². The van der Waals surface area contributed by atoms with Crippen LogP contribution in [0.15, 0.2) is 0 Å². The van der Waals surface area contributed by atoms with E-state index in [-0.39, 0.29) is 12.0 Å². The SMILES string of the molecule is COC(=O)C1CCC(C)(C)CN1. The smallest absolute Gasteiger partial charge is 0.322 e. The van der Waals surface area contributed by atoms with Crippen LogP contribution in [-0.2, 0) is 9.53 Å². The lowest BCUT2D eigenvalue weighted by atomic mass is 9.83. The Kier molecular flexibility index (Phi) is 2.73. The standard InChI is InChI=1S/C9H17NO2/c1-9(2)5-4-7(10-6-9)8(11)12-3/h7,10H,4-6H2,1-3H3. The van der Waals surface area contributed by atoms with Crippen molar-refractivity contribution in [1.82, 2.24) is 5.32 Å². The van der Waals surface area contributed by atoms with E-state index in [1.165, 1.54) is 7.11 Å². The number of hydrogen-bond acceptors (Lipinski definition) is 3. The first kappa shape index (κ1) is 9.52. The fourth-order valence-electron chi connectivity index (χ4n) is 1.47. The summed E-state index contributed by atoms with van der Waals surface area (Å²) in [5, 5.41) is 3.19. The zero-order valence-corrected chi connectivity index (χ0v) is 8.02. The molecule has 1 unspecified atom stereocenters. The second-order valence-electron chi connectivity index (χ2n) is 4.16. The molecule has 1 aliphatic heterocycles. The Hall–Kier alpha value is -0.570. The maximum absolute atomic E-state index is 11.1. The molecule has 1 aliphatic rings. The maximum Gasteiger partial charge on any atom is 0.322 e. The van der Waals surface area contributed by atoms with Crippen LogP contribution < -0.4 is 5.32 Å². The van der Waals surface area contributed by atoms with E-state index in [1.807, 2.05) is 0 Å². The summed E-state index contributed by atoms with van der Waals surface area (Å²) < 4.78 is 4.66. The van der Waals surface area contributed by atoms with Gasteiger partial charge in [-0.3, -0.25) is 4.79 Å². The highest BCUT2D eigenvalue weighted by Gasteiger charge is 2.30. The fourth-order valence-corrected chi connectivity index (χ4v) is 1.47. The third-order valence-electron chi connectivity index (χ3n) is 2.42. The van der Waals surface area contributed by atoms with Crippen LogP contribution in [-0.4, -0.2) is 25.7 Å². The minimum Gasteiger partial charge on any atom is -0.468 e. The van der Waals surface area contributed by atoms with Crippen molar-refractivity contribution in [3.8, 4) is 0 Å². The lowest BCUT2D eigenvalue weighted by molar-refractivity contribution is -0.144. The molecule has 1 saturated heterocycles. The number of carbonyl (C=O) groups is 1. The largest absolute Gasteiger partial charge is 0.468 e. The quantitative estimate of drug-likeness (QED) is 0.597. The van der Waals surface area contributed by atoms with Crippen LogP contribution in [0.25, 0.3) is 0 Å². The Bertz CT molecular complexity index is 167. The van der Waals surface area contributed by atoms with Gasteiger partial charge in [0, 0.05) is 6.54 Å². The molecule has 12 heavy (non-hydrogen) atoms. The molecular weight excluding hydrogens is 154 g/mol. The molecule has 0 amide bonds. The molecular formula is C9H17NO2. The zero-order valence-electron chi connectivity index (χ0n) is 8.02. The molecule has 0 radical (unpaired) electrons. The highest BCUT2D eigenvalue weighted by atomic mass is 16.5. The first-order chi connectivity index (χ1) is 5.55. The molecule has 3 heteroatoms. The van der Waals surface area contributed by atoms with Crippen LogP contribution in [0.5, 0.6) is 0 Å². The van der Waals surface area contributed by atoms with Crippen molar-refractivity contribution in [2.75, 3.05) is 13.7 Å². The minimum atomic E-state index is -0.134. The van der Waals surface area contributed by atoms with Gasteiger partial charge in [-0.2, -0.15) is 0 Å². The van der Waals surface area contributed by atoms with Gasteiger partial charge in [0.1, 0.15) is 6.04 Å². The first-order valence-corrected chi connectivity index (χ1v) is 4.36. The predicted octanol–water partition coefficient (Wildman–Crippen LogP) is 0.938. The monoisotopic (exact) mass is 171 g/mol. The van der Waals surface area contributed by atoms with E-state index >= 15 is 0 Å². The van der Waals surface area contributed by atoms with Crippen LogP contribution in [0.4, 0.5) is 0 Å². The van der Waals surface area contributed by atoms with Gasteiger partial charge in [-0.05, 0) is 18.3 Å². The van der Waals surface area contributed by atoms with Gasteiger partial charge in [-0.15, -0.1) is 0 Å². The number of methoxy groups -OCH3 is 1. The van der Waals surface area contributed by atoms with Crippen molar-refractivity contribution >= 4 is 5.97 Å². The topological polar surface area (TPSA) is 38.3 Å². The van der Waals surface area contributed by atoms with Crippen LogP contribution in [0.1, 0.15) is 26.7 Å². The van der Waals surface area contributed by atoms with E-state index in [0.29, 0.717) is 5.41 Å². The molecule has 0 aliphatic carbocycles. The molecule has 1 N–H and O–H groups in total. The van der Waals surface area contributed by atoms with Gasteiger partial charge in [0.2, 0.25) is 0 Å². The molecule has 1 fully saturated rings. The van der Waals surface area contributed by atoms with Gasteiger partial charge in [-0.1, -0.05) is 13.8 Å². The Morgan fingerprint density at radius 3 is 2.67 bits per heavy atom. The van der Waals surface area contributed by atoms with E-state index in [1.54, 1.807) is 0 Å². The average Bonchev–Trinajstić information content (AvgIpc) is 2.03. The second kappa shape index (κ2) is 3.44. The number of nitrogens with one attached hydrogen (secondary N) is 1. The number of rotatable bonds is 1. The van der Waals surface area contributed by atoms with Gasteiger partial charge < -0.3 is 10.1 Å². The third-order valence-corrected chi connectivity index (χ3v) is 2.42. The van der Waals surface area contributed by atoms with Gasteiger partial charge in [0.05, 0.1) is 7.11 Å². The molecule has 70 valence electrons. The molecule has 1 atom stereocenters. The Morgan fingerprint density at radius 2 is 2.25 bits per heavy atom. The molecule has 0 bridgehead atoms. The summed E-state index contributed by atoms with van der Waals surface area (Å²) in [4.78, 5) is 11.1. The number of carbonyl (C=O) groups excluding carboxylic acids is 1. The molecule has 3 nitrogen and oxygen atoms in total. The fraction of sp³-hybridized carbons (Fsp3) is 0.889. The van der Waals surface area contributed by atoms with E-state index in [4.69, 9.17) is 0 Å². The van der Waals surface area contributed by atoms with Gasteiger partial charge in [-0.25, -0.2) is 0 Å². The van der Waals surface area contributed by atoms with Crippen molar-refractivity contribution in [2.45, 2.75) is 32.7 Å². The summed E-state index contributed by atoms with van der Waals surface area (Å²) >= 11 is 0. The third kappa shape index (κ3) is 2.21. The molecule has 0 aromatic rings. The van der Waals surface area contributed by atoms with E-state index in [9.17, 15) is 4.79 Å². The molecule has 1 heterocycles. The normalized spacial score (nSPS) is 28.1. The highest BCUT2D eigenvalue weighted by molar-refractivity contribution is 5.75. The lowest BCUT2D eigenvalue weighted by Gasteiger charge is -2.33.